The first kappa shape index (κ1) is 16.8. The van der Waals surface area contributed by atoms with E-state index in [4.69, 9.17) is 0 Å². The number of rotatable bonds is 3. The van der Waals surface area contributed by atoms with Gasteiger partial charge in [-0.15, -0.1) is 0 Å². The van der Waals surface area contributed by atoms with Crippen LogP contribution in [0, 0.1) is 5.41 Å². The standard InChI is InChI=1S/C20H24N2O2S/c23-25(24,22-14-11-20(16-22)9-12-21-13-10-20)19-8-4-7-18(15-19)17-5-2-1-3-6-17/h1-8,15,21H,9-14,16H2. The summed E-state index contributed by atoms with van der Waals surface area (Å²) in [5.74, 6) is 0. The Morgan fingerprint density at radius 2 is 1.60 bits per heavy atom. The summed E-state index contributed by atoms with van der Waals surface area (Å²) in [5.41, 5.74) is 2.16. The van der Waals surface area contributed by atoms with Crippen molar-refractivity contribution in [2.24, 2.45) is 5.41 Å². The smallest absolute Gasteiger partial charge is 0.243 e. The Labute approximate surface area is 149 Å². The summed E-state index contributed by atoms with van der Waals surface area (Å²) in [6.45, 7) is 3.29. The van der Waals surface area contributed by atoms with Crippen LogP contribution in [0.1, 0.15) is 19.3 Å². The van der Waals surface area contributed by atoms with Crippen molar-refractivity contribution in [3.8, 4) is 11.1 Å². The van der Waals surface area contributed by atoms with Crippen LogP contribution < -0.4 is 5.32 Å². The van der Waals surface area contributed by atoms with Gasteiger partial charge in [0.1, 0.15) is 0 Å². The van der Waals surface area contributed by atoms with Gasteiger partial charge >= 0.3 is 0 Å². The summed E-state index contributed by atoms with van der Waals surface area (Å²) < 4.78 is 28.0. The molecular formula is C20H24N2O2S. The van der Waals surface area contributed by atoms with Crippen LogP contribution in [-0.4, -0.2) is 38.9 Å². The molecule has 0 aliphatic carbocycles. The average Bonchev–Trinajstić information content (AvgIpc) is 3.07. The van der Waals surface area contributed by atoms with Gasteiger partial charge in [0.05, 0.1) is 4.90 Å². The maximum atomic E-state index is 13.2. The van der Waals surface area contributed by atoms with Gasteiger partial charge in [-0.05, 0) is 61.0 Å². The Hall–Kier alpha value is -1.69. The molecule has 2 aliphatic heterocycles. The average molecular weight is 356 g/mol. The van der Waals surface area contributed by atoms with Crippen LogP contribution in [0.5, 0.6) is 0 Å². The lowest BCUT2D eigenvalue weighted by Gasteiger charge is -2.33. The van der Waals surface area contributed by atoms with Crippen LogP contribution in [0.2, 0.25) is 0 Å². The van der Waals surface area contributed by atoms with Crippen molar-refractivity contribution >= 4 is 10.0 Å². The Morgan fingerprint density at radius 1 is 0.880 bits per heavy atom. The van der Waals surface area contributed by atoms with Gasteiger partial charge < -0.3 is 5.32 Å². The molecule has 2 heterocycles. The summed E-state index contributed by atoms with van der Waals surface area (Å²) in [5, 5.41) is 3.38. The van der Waals surface area contributed by atoms with E-state index >= 15 is 0 Å². The monoisotopic (exact) mass is 356 g/mol. The summed E-state index contributed by atoms with van der Waals surface area (Å²) in [6.07, 6.45) is 3.12. The molecule has 5 heteroatoms. The van der Waals surface area contributed by atoms with E-state index in [2.05, 4.69) is 5.32 Å². The third-order valence-electron chi connectivity index (χ3n) is 5.65. The third kappa shape index (κ3) is 3.24. The molecule has 2 aliphatic rings. The molecule has 4 nitrogen and oxygen atoms in total. The predicted octanol–water partition coefficient (Wildman–Crippen LogP) is 3.12. The van der Waals surface area contributed by atoms with E-state index in [1.165, 1.54) is 0 Å². The molecule has 0 aromatic heterocycles. The highest BCUT2D eigenvalue weighted by atomic mass is 32.2. The van der Waals surface area contributed by atoms with Crippen LogP contribution in [-0.2, 0) is 10.0 Å². The molecule has 0 radical (unpaired) electrons. The zero-order chi connectivity index (χ0) is 17.3. The van der Waals surface area contributed by atoms with E-state index < -0.39 is 10.0 Å². The molecule has 132 valence electrons. The van der Waals surface area contributed by atoms with Crippen molar-refractivity contribution in [2.75, 3.05) is 26.2 Å². The van der Waals surface area contributed by atoms with Crippen LogP contribution >= 0.6 is 0 Å². The first-order valence-corrected chi connectivity index (χ1v) is 10.4. The van der Waals surface area contributed by atoms with Gasteiger partial charge in [-0.2, -0.15) is 4.31 Å². The summed E-state index contributed by atoms with van der Waals surface area (Å²) in [4.78, 5) is 0.403. The Bertz CT molecular complexity index is 843. The summed E-state index contributed by atoms with van der Waals surface area (Å²) in [6, 6.07) is 17.2. The van der Waals surface area contributed by atoms with Crippen molar-refractivity contribution < 1.29 is 8.42 Å². The fraction of sp³-hybridized carbons (Fsp3) is 0.400. The molecule has 0 bridgehead atoms. The van der Waals surface area contributed by atoms with Gasteiger partial charge in [0.15, 0.2) is 0 Å². The number of hydrogen-bond donors (Lipinski definition) is 1. The molecule has 0 saturated carbocycles. The molecule has 0 amide bonds. The number of sulfonamides is 1. The summed E-state index contributed by atoms with van der Waals surface area (Å²) >= 11 is 0. The molecule has 2 aromatic rings. The molecule has 1 N–H and O–H groups in total. The third-order valence-corrected chi connectivity index (χ3v) is 7.49. The minimum atomic E-state index is -3.43. The quantitative estimate of drug-likeness (QED) is 0.919. The van der Waals surface area contributed by atoms with Crippen molar-refractivity contribution in [3.63, 3.8) is 0 Å². The van der Waals surface area contributed by atoms with Gasteiger partial charge in [0.2, 0.25) is 10.0 Å². The maximum Gasteiger partial charge on any atom is 0.243 e. The summed E-state index contributed by atoms with van der Waals surface area (Å²) in [7, 11) is -3.43. The Balaban J connectivity index is 1.61. The van der Waals surface area contributed by atoms with E-state index in [-0.39, 0.29) is 5.41 Å². The van der Waals surface area contributed by atoms with E-state index in [0.29, 0.717) is 18.0 Å². The fourth-order valence-corrected chi connectivity index (χ4v) is 5.68. The minimum absolute atomic E-state index is 0.176. The number of nitrogens with zero attached hydrogens (tertiary/aromatic N) is 1. The van der Waals surface area contributed by atoms with Gasteiger partial charge in [-0.25, -0.2) is 8.42 Å². The highest BCUT2D eigenvalue weighted by Crippen LogP contribution is 2.40. The van der Waals surface area contributed by atoms with Gasteiger partial charge in [-0.1, -0.05) is 42.5 Å². The van der Waals surface area contributed by atoms with Gasteiger partial charge in [0, 0.05) is 13.1 Å². The van der Waals surface area contributed by atoms with Crippen LogP contribution in [0.15, 0.2) is 59.5 Å². The van der Waals surface area contributed by atoms with E-state index in [9.17, 15) is 8.42 Å². The number of nitrogens with one attached hydrogen (secondary N) is 1. The second-order valence-electron chi connectivity index (χ2n) is 7.23. The molecule has 2 aromatic carbocycles. The largest absolute Gasteiger partial charge is 0.317 e. The number of hydrogen-bond acceptors (Lipinski definition) is 3. The Kier molecular flexibility index (Phi) is 4.40. The van der Waals surface area contributed by atoms with Crippen molar-refractivity contribution in [1.82, 2.24) is 9.62 Å². The van der Waals surface area contributed by atoms with Crippen molar-refractivity contribution in [3.05, 3.63) is 54.6 Å². The lowest BCUT2D eigenvalue weighted by molar-refractivity contribution is 0.218. The zero-order valence-electron chi connectivity index (χ0n) is 14.3. The normalized spacial score (nSPS) is 20.8. The second kappa shape index (κ2) is 6.56. The lowest BCUT2D eigenvalue weighted by Crippen LogP contribution is -2.39. The molecule has 0 unspecified atom stereocenters. The second-order valence-corrected chi connectivity index (χ2v) is 9.17. The molecular weight excluding hydrogens is 332 g/mol. The molecule has 4 rings (SSSR count). The fourth-order valence-electron chi connectivity index (χ4n) is 4.08. The first-order chi connectivity index (χ1) is 12.1. The molecule has 1 spiro atoms. The zero-order valence-corrected chi connectivity index (χ0v) is 15.1. The highest BCUT2D eigenvalue weighted by molar-refractivity contribution is 7.89. The minimum Gasteiger partial charge on any atom is -0.317 e. The van der Waals surface area contributed by atoms with Crippen LogP contribution in [0.25, 0.3) is 11.1 Å². The molecule has 2 saturated heterocycles. The SMILES string of the molecule is O=S(=O)(c1cccc(-c2ccccc2)c1)N1CCC2(CCNCC2)C1. The number of benzene rings is 2. The predicted molar refractivity (Wildman–Crippen MR) is 99.8 cm³/mol. The van der Waals surface area contributed by atoms with E-state index in [0.717, 1.165) is 43.5 Å². The van der Waals surface area contributed by atoms with Gasteiger partial charge in [0.25, 0.3) is 0 Å². The van der Waals surface area contributed by atoms with Crippen LogP contribution in [0.3, 0.4) is 0 Å². The number of piperidine rings is 1. The van der Waals surface area contributed by atoms with E-state index in [1.807, 2.05) is 42.5 Å². The topological polar surface area (TPSA) is 49.4 Å². The van der Waals surface area contributed by atoms with Gasteiger partial charge in [-0.3, -0.25) is 0 Å². The highest BCUT2D eigenvalue weighted by Gasteiger charge is 2.43. The lowest BCUT2D eigenvalue weighted by atomic mass is 9.78. The first-order valence-electron chi connectivity index (χ1n) is 8.96. The molecule has 25 heavy (non-hydrogen) atoms. The van der Waals surface area contributed by atoms with Crippen LogP contribution in [0.4, 0.5) is 0 Å². The maximum absolute atomic E-state index is 13.2. The van der Waals surface area contributed by atoms with Crippen molar-refractivity contribution in [2.45, 2.75) is 24.2 Å². The van der Waals surface area contributed by atoms with Crippen molar-refractivity contribution in [1.29, 1.82) is 0 Å². The molecule has 0 atom stereocenters. The Morgan fingerprint density at radius 3 is 2.36 bits per heavy atom. The molecule has 2 fully saturated rings. The van der Waals surface area contributed by atoms with E-state index in [1.54, 1.807) is 16.4 Å².